The Bertz CT molecular complexity index is 433. The minimum Gasteiger partial charge on any atom is -0.543 e. The first-order valence-corrected chi connectivity index (χ1v) is 4.23. The summed E-state index contributed by atoms with van der Waals surface area (Å²) in [7, 11) is 0. The molecule has 1 heterocycles. The minimum absolute atomic E-state index is 0.0752. The predicted octanol–water partition coefficient (Wildman–Crippen LogP) is 0.759. The summed E-state index contributed by atoms with van der Waals surface area (Å²) in [6.07, 6.45) is 5.01. The number of carboxylic acid groups (broad SMARTS) is 1. The molecule has 1 aromatic rings. The van der Waals surface area contributed by atoms with Gasteiger partial charge in [-0.05, 0) is 17.7 Å². The predicted molar refractivity (Wildman–Crippen MR) is 52.2 cm³/mol. The Hall–Kier alpha value is -2.03. The third-order valence-electron chi connectivity index (χ3n) is 1.99. The van der Waals surface area contributed by atoms with Gasteiger partial charge >= 0.3 is 0 Å². The van der Waals surface area contributed by atoms with E-state index in [1.165, 1.54) is 6.08 Å². The van der Waals surface area contributed by atoms with Gasteiger partial charge in [-0.3, -0.25) is 0 Å². The van der Waals surface area contributed by atoms with E-state index >= 15 is 0 Å². The van der Waals surface area contributed by atoms with Gasteiger partial charge in [-0.2, -0.15) is 0 Å². The first-order chi connectivity index (χ1) is 6.77. The number of anilines is 1. The molecule has 14 heavy (non-hydrogen) atoms. The Balaban J connectivity index is 2.42. The second-order valence-electron chi connectivity index (χ2n) is 2.94. The molecule has 0 saturated carbocycles. The van der Waals surface area contributed by atoms with Crippen molar-refractivity contribution in [3.05, 3.63) is 47.7 Å². The lowest BCUT2D eigenvalue weighted by molar-refractivity contribution is -0.299. The first-order valence-electron chi connectivity index (χ1n) is 4.23. The van der Waals surface area contributed by atoms with Crippen molar-refractivity contribution in [2.75, 3.05) is 5.32 Å². The quantitative estimate of drug-likeness (QED) is 0.704. The molecule has 0 atom stereocenters. The number of carbonyl (C=O) groups excluding carboxylic acids is 1. The molecule has 0 amide bonds. The van der Waals surface area contributed by atoms with Crippen molar-refractivity contribution in [1.29, 1.82) is 0 Å². The number of fused-ring (bicyclic) bond motifs is 1. The molecule has 0 fully saturated rings. The van der Waals surface area contributed by atoms with Crippen molar-refractivity contribution >= 4 is 17.7 Å². The van der Waals surface area contributed by atoms with E-state index < -0.39 is 5.97 Å². The first kappa shape index (κ1) is 8.56. The summed E-state index contributed by atoms with van der Waals surface area (Å²) >= 11 is 0. The van der Waals surface area contributed by atoms with E-state index in [0.717, 1.165) is 11.3 Å². The summed E-state index contributed by atoms with van der Waals surface area (Å²) < 4.78 is 0. The molecule has 1 aliphatic rings. The van der Waals surface area contributed by atoms with Crippen LogP contribution in [0.3, 0.4) is 0 Å². The number of carbonyl (C=O) groups is 1. The van der Waals surface area contributed by atoms with Crippen LogP contribution in [0.4, 0.5) is 5.69 Å². The van der Waals surface area contributed by atoms with Crippen molar-refractivity contribution in [1.82, 2.24) is 0 Å². The van der Waals surface area contributed by atoms with Gasteiger partial charge in [-0.25, -0.2) is 0 Å². The highest BCUT2D eigenvalue weighted by Crippen LogP contribution is 2.20. The normalized spacial score (nSPS) is 13.6. The van der Waals surface area contributed by atoms with Crippen LogP contribution in [0.15, 0.2) is 42.1 Å². The number of aliphatic carboxylic acids is 1. The summed E-state index contributed by atoms with van der Waals surface area (Å²) in [5.74, 6) is -1.20. The van der Waals surface area contributed by atoms with Gasteiger partial charge in [0.05, 0.1) is 11.7 Å². The maximum Gasteiger partial charge on any atom is 0.0878 e. The number of benzene rings is 1. The Morgan fingerprint density at radius 2 is 2.07 bits per heavy atom. The van der Waals surface area contributed by atoms with Crippen LogP contribution >= 0.6 is 0 Å². The molecule has 3 heteroatoms. The maximum absolute atomic E-state index is 10.6. The van der Waals surface area contributed by atoms with Crippen LogP contribution in [0.1, 0.15) is 5.56 Å². The van der Waals surface area contributed by atoms with Gasteiger partial charge < -0.3 is 15.2 Å². The fourth-order valence-electron chi connectivity index (χ4n) is 1.31. The zero-order valence-corrected chi connectivity index (χ0v) is 7.36. The molecule has 0 spiro atoms. The van der Waals surface area contributed by atoms with Gasteiger partial charge in [0, 0.05) is 5.69 Å². The lowest BCUT2D eigenvalue weighted by Gasteiger charge is -2.11. The van der Waals surface area contributed by atoms with Crippen molar-refractivity contribution in [2.45, 2.75) is 0 Å². The summed E-state index contributed by atoms with van der Waals surface area (Å²) in [6, 6.07) is 7.47. The number of hydrogen-bond donors (Lipinski definition) is 1. The van der Waals surface area contributed by atoms with Crippen molar-refractivity contribution < 1.29 is 9.90 Å². The highest BCUT2D eigenvalue weighted by atomic mass is 16.4. The molecule has 0 aromatic heterocycles. The van der Waals surface area contributed by atoms with Crippen LogP contribution in [0.25, 0.3) is 6.08 Å². The topological polar surface area (TPSA) is 52.2 Å². The average Bonchev–Trinajstić information content (AvgIpc) is 2.39. The number of hydrogen-bond acceptors (Lipinski definition) is 3. The lowest BCUT2D eigenvalue weighted by atomic mass is 10.2. The van der Waals surface area contributed by atoms with Crippen LogP contribution in [0.2, 0.25) is 0 Å². The number of carboxylic acids is 1. The molecule has 1 aromatic carbocycles. The largest absolute Gasteiger partial charge is 0.543 e. The van der Waals surface area contributed by atoms with Gasteiger partial charge in [0.1, 0.15) is 0 Å². The molecular weight excluding hydrogens is 178 g/mol. The van der Waals surface area contributed by atoms with Crippen LogP contribution < -0.4 is 10.4 Å². The molecule has 2 rings (SSSR count). The number of rotatable bonds is 1. The minimum atomic E-state index is -1.20. The zero-order valence-electron chi connectivity index (χ0n) is 7.36. The lowest BCUT2D eigenvalue weighted by Crippen LogP contribution is -2.28. The highest BCUT2D eigenvalue weighted by molar-refractivity contribution is 5.91. The Morgan fingerprint density at radius 3 is 2.86 bits per heavy atom. The molecule has 1 N–H and O–H groups in total. The standard InChI is InChI=1S/C11H9NO2/c13-11(14)10-7-3-5-8-4-1-2-6-9(8)12-10/h1-7,12H,(H,13,14)/p-1. The Labute approximate surface area is 81.4 Å². The third-order valence-corrected chi connectivity index (χ3v) is 1.99. The van der Waals surface area contributed by atoms with Crippen LogP contribution in [-0.4, -0.2) is 5.97 Å². The highest BCUT2D eigenvalue weighted by Gasteiger charge is 2.04. The van der Waals surface area contributed by atoms with Crippen molar-refractivity contribution in [3.8, 4) is 0 Å². The fraction of sp³-hybridized carbons (Fsp3) is 0. The van der Waals surface area contributed by atoms with Gasteiger partial charge in [0.25, 0.3) is 0 Å². The van der Waals surface area contributed by atoms with Crippen LogP contribution in [0.5, 0.6) is 0 Å². The van der Waals surface area contributed by atoms with Crippen LogP contribution in [0, 0.1) is 0 Å². The summed E-state index contributed by atoms with van der Waals surface area (Å²) in [5, 5.41) is 13.4. The van der Waals surface area contributed by atoms with Crippen molar-refractivity contribution in [3.63, 3.8) is 0 Å². The molecule has 3 nitrogen and oxygen atoms in total. The van der Waals surface area contributed by atoms with Gasteiger partial charge in [-0.15, -0.1) is 0 Å². The summed E-state index contributed by atoms with van der Waals surface area (Å²) in [4.78, 5) is 10.6. The van der Waals surface area contributed by atoms with E-state index in [1.54, 1.807) is 6.08 Å². The summed E-state index contributed by atoms with van der Waals surface area (Å²) in [5.41, 5.74) is 1.81. The van der Waals surface area contributed by atoms with E-state index in [-0.39, 0.29) is 5.70 Å². The maximum atomic E-state index is 10.6. The zero-order chi connectivity index (χ0) is 9.97. The van der Waals surface area contributed by atoms with Gasteiger partial charge in [0.15, 0.2) is 0 Å². The monoisotopic (exact) mass is 186 g/mol. The molecule has 0 saturated heterocycles. The third kappa shape index (κ3) is 1.52. The fourth-order valence-corrected chi connectivity index (χ4v) is 1.31. The van der Waals surface area contributed by atoms with Gasteiger partial charge in [0.2, 0.25) is 0 Å². The van der Waals surface area contributed by atoms with E-state index in [4.69, 9.17) is 0 Å². The van der Waals surface area contributed by atoms with E-state index in [0.29, 0.717) is 0 Å². The molecule has 0 bridgehead atoms. The number of allylic oxidation sites excluding steroid dienone is 2. The second-order valence-corrected chi connectivity index (χ2v) is 2.94. The molecular formula is C11H8NO2-. The Morgan fingerprint density at radius 1 is 1.29 bits per heavy atom. The number of nitrogens with one attached hydrogen (secondary N) is 1. The SMILES string of the molecule is O=C([O-])C1=CC=Cc2ccccc2N1. The van der Waals surface area contributed by atoms with Crippen LogP contribution in [-0.2, 0) is 4.79 Å². The second kappa shape index (κ2) is 3.38. The molecule has 1 aliphatic heterocycles. The van der Waals surface area contributed by atoms with E-state index in [2.05, 4.69) is 5.32 Å². The summed E-state index contributed by atoms with van der Waals surface area (Å²) in [6.45, 7) is 0. The van der Waals surface area contributed by atoms with E-state index in [9.17, 15) is 9.90 Å². The molecule has 0 unspecified atom stereocenters. The molecule has 0 radical (unpaired) electrons. The van der Waals surface area contributed by atoms with Gasteiger partial charge in [-0.1, -0.05) is 30.4 Å². The van der Waals surface area contributed by atoms with Crippen molar-refractivity contribution in [2.24, 2.45) is 0 Å². The number of para-hydroxylation sites is 1. The van der Waals surface area contributed by atoms with E-state index in [1.807, 2.05) is 30.3 Å². The smallest absolute Gasteiger partial charge is 0.0878 e. The molecule has 70 valence electrons. The average molecular weight is 186 g/mol. The Kier molecular flexibility index (Phi) is 2.07. The molecule has 0 aliphatic carbocycles.